The molecule has 116 valence electrons. The van der Waals surface area contributed by atoms with Crippen molar-refractivity contribution in [3.63, 3.8) is 0 Å². The van der Waals surface area contributed by atoms with Gasteiger partial charge in [0.05, 0.1) is 0 Å². The van der Waals surface area contributed by atoms with Crippen LogP contribution in [0.2, 0.25) is 0 Å². The maximum atomic E-state index is 2.41. The summed E-state index contributed by atoms with van der Waals surface area (Å²) < 4.78 is 0. The molecule has 0 nitrogen and oxygen atoms in total. The molecule has 0 aromatic carbocycles. The van der Waals surface area contributed by atoms with Crippen LogP contribution in [0.1, 0.15) is 118 Å². The summed E-state index contributed by atoms with van der Waals surface area (Å²) in [6, 6.07) is 0. The second-order valence-corrected chi connectivity index (χ2v) is 7.16. The number of hydrogen-bond donors (Lipinski definition) is 0. The van der Waals surface area contributed by atoms with Gasteiger partial charge in [-0.15, -0.1) is 0 Å². The first-order valence-corrected chi connectivity index (χ1v) is 9.12. The molecule has 0 unspecified atom stereocenters. The van der Waals surface area contributed by atoms with E-state index in [1.807, 2.05) is 0 Å². The molecule has 0 heterocycles. The van der Waals surface area contributed by atoms with Crippen molar-refractivity contribution in [2.24, 2.45) is 5.41 Å². The predicted molar refractivity (Wildman–Crippen MR) is 89.8 cm³/mol. The van der Waals surface area contributed by atoms with Crippen molar-refractivity contribution >= 4 is 0 Å². The van der Waals surface area contributed by atoms with Gasteiger partial charge in [0.15, 0.2) is 0 Å². The molecule has 0 atom stereocenters. The van der Waals surface area contributed by atoms with E-state index in [1.54, 1.807) is 0 Å². The minimum atomic E-state index is 0.582. The van der Waals surface area contributed by atoms with E-state index in [0.29, 0.717) is 5.41 Å². The summed E-state index contributed by atoms with van der Waals surface area (Å²) >= 11 is 0. The maximum Gasteiger partial charge on any atom is -0.0357 e. The lowest BCUT2D eigenvalue weighted by atomic mass is 9.84. The summed E-state index contributed by atoms with van der Waals surface area (Å²) in [5, 5.41) is 0. The Kier molecular flexibility index (Phi) is 13.0. The Morgan fingerprint density at radius 1 is 0.526 bits per heavy atom. The topological polar surface area (TPSA) is 0 Å². The molecule has 0 fully saturated rings. The minimum absolute atomic E-state index is 0.582. The molecule has 0 amide bonds. The van der Waals surface area contributed by atoms with Crippen molar-refractivity contribution < 1.29 is 0 Å². The van der Waals surface area contributed by atoms with Crippen molar-refractivity contribution in [1.82, 2.24) is 0 Å². The first-order valence-electron chi connectivity index (χ1n) is 9.12. The number of unbranched alkanes of at least 4 members (excludes halogenated alkanes) is 11. The van der Waals surface area contributed by atoms with Crippen LogP contribution in [0, 0.1) is 5.41 Å². The van der Waals surface area contributed by atoms with E-state index >= 15 is 0 Å². The zero-order chi connectivity index (χ0) is 14.4. The van der Waals surface area contributed by atoms with E-state index in [2.05, 4.69) is 27.7 Å². The summed E-state index contributed by atoms with van der Waals surface area (Å²) in [6.45, 7) is 9.43. The highest BCUT2D eigenvalue weighted by molar-refractivity contribution is 4.65. The fourth-order valence-corrected chi connectivity index (χ4v) is 2.62. The highest BCUT2D eigenvalue weighted by Gasteiger charge is 2.13. The lowest BCUT2D eigenvalue weighted by Gasteiger charge is -2.22. The van der Waals surface area contributed by atoms with Crippen molar-refractivity contribution in [2.75, 3.05) is 0 Å². The second kappa shape index (κ2) is 13.0. The van der Waals surface area contributed by atoms with Gasteiger partial charge in [0, 0.05) is 0 Å². The summed E-state index contributed by atoms with van der Waals surface area (Å²) in [5.74, 6) is 0. The third-order valence-corrected chi connectivity index (χ3v) is 4.66. The van der Waals surface area contributed by atoms with Gasteiger partial charge in [-0.1, -0.05) is 111 Å². The third kappa shape index (κ3) is 14.2. The average Bonchev–Trinajstić information content (AvgIpc) is 2.40. The van der Waals surface area contributed by atoms with Gasteiger partial charge < -0.3 is 0 Å². The summed E-state index contributed by atoms with van der Waals surface area (Å²) in [4.78, 5) is 0. The largest absolute Gasteiger partial charge is 0.0654 e. The van der Waals surface area contributed by atoms with E-state index in [-0.39, 0.29) is 0 Å². The molecule has 0 N–H and O–H groups in total. The van der Waals surface area contributed by atoms with Gasteiger partial charge in [0.1, 0.15) is 0 Å². The average molecular weight is 269 g/mol. The maximum absolute atomic E-state index is 2.41. The van der Waals surface area contributed by atoms with Gasteiger partial charge in [0.2, 0.25) is 0 Å². The van der Waals surface area contributed by atoms with E-state index in [9.17, 15) is 0 Å². The molecule has 0 saturated carbocycles. The molecule has 0 heteroatoms. The molecule has 0 aromatic heterocycles. The van der Waals surface area contributed by atoms with Crippen molar-refractivity contribution in [1.29, 1.82) is 0 Å². The molecule has 0 saturated heterocycles. The van der Waals surface area contributed by atoms with Crippen molar-refractivity contribution in [3.05, 3.63) is 0 Å². The third-order valence-electron chi connectivity index (χ3n) is 4.66. The van der Waals surface area contributed by atoms with E-state index in [1.165, 1.54) is 89.9 Å². The molecule has 0 rings (SSSR count). The van der Waals surface area contributed by atoms with Crippen molar-refractivity contribution in [2.45, 2.75) is 118 Å². The van der Waals surface area contributed by atoms with Crippen LogP contribution in [0.25, 0.3) is 0 Å². The molecule has 0 aliphatic heterocycles. The Balaban J connectivity index is 3.07. The molecule has 0 spiro atoms. The minimum Gasteiger partial charge on any atom is -0.0654 e. The highest BCUT2D eigenvalue weighted by atomic mass is 14.2. The first-order chi connectivity index (χ1) is 9.12. The molecular formula is C19H40. The van der Waals surface area contributed by atoms with Gasteiger partial charge in [-0.3, -0.25) is 0 Å². The zero-order valence-electron chi connectivity index (χ0n) is 14.4. The fraction of sp³-hybridized carbons (Fsp3) is 1.00. The standard InChI is InChI=1S/C19H40/c1-5-7-8-9-10-11-12-13-14-15-16-17-18-19(3,4)6-2/h5-18H2,1-4H3. The second-order valence-electron chi connectivity index (χ2n) is 7.16. The number of rotatable bonds is 14. The van der Waals surface area contributed by atoms with Gasteiger partial charge in [-0.2, -0.15) is 0 Å². The summed E-state index contributed by atoms with van der Waals surface area (Å²) in [6.07, 6.45) is 20.2. The normalized spacial score (nSPS) is 12.0. The highest BCUT2D eigenvalue weighted by Crippen LogP contribution is 2.27. The predicted octanol–water partition coefficient (Wildman–Crippen LogP) is 7.51. The van der Waals surface area contributed by atoms with Crippen LogP contribution >= 0.6 is 0 Å². The van der Waals surface area contributed by atoms with Crippen LogP contribution < -0.4 is 0 Å². The van der Waals surface area contributed by atoms with Gasteiger partial charge in [-0.05, 0) is 11.8 Å². The Labute approximate surface area is 123 Å². The van der Waals surface area contributed by atoms with E-state index in [4.69, 9.17) is 0 Å². The number of hydrogen-bond acceptors (Lipinski definition) is 0. The van der Waals surface area contributed by atoms with Crippen LogP contribution in [0.5, 0.6) is 0 Å². The van der Waals surface area contributed by atoms with Gasteiger partial charge in [0.25, 0.3) is 0 Å². The molecule has 0 aliphatic rings. The van der Waals surface area contributed by atoms with Crippen LogP contribution in [0.3, 0.4) is 0 Å². The Bertz CT molecular complexity index is 169. The zero-order valence-corrected chi connectivity index (χ0v) is 14.4. The van der Waals surface area contributed by atoms with Crippen molar-refractivity contribution in [3.8, 4) is 0 Å². The molecular weight excluding hydrogens is 228 g/mol. The van der Waals surface area contributed by atoms with E-state index in [0.717, 1.165) is 0 Å². The Morgan fingerprint density at radius 3 is 1.26 bits per heavy atom. The molecule has 0 bridgehead atoms. The quantitative estimate of drug-likeness (QED) is 0.286. The SMILES string of the molecule is CCCCCCCCCCCCCCC(C)(C)CC. The smallest absolute Gasteiger partial charge is 0.0357 e. The molecule has 0 aliphatic carbocycles. The van der Waals surface area contributed by atoms with Crippen LogP contribution in [-0.2, 0) is 0 Å². The first kappa shape index (κ1) is 19.0. The summed E-state index contributed by atoms with van der Waals surface area (Å²) in [5.41, 5.74) is 0.582. The lowest BCUT2D eigenvalue weighted by Crippen LogP contribution is -2.08. The van der Waals surface area contributed by atoms with Crippen LogP contribution in [-0.4, -0.2) is 0 Å². The van der Waals surface area contributed by atoms with Crippen LogP contribution in [0.15, 0.2) is 0 Å². The summed E-state index contributed by atoms with van der Waals surface area (Å²) in [7, 11) is 0. The van der Waals surface area contributed by atoms with Gasteiger partial charge in [-0.25, -0.2) is 0 Å². The van der Waals surface area contributed by atoms with Gasteiger partial charge >= 0.3 is 0 Å². The Morgan fingerprint density at radius 2 is 0.895 bits per heavy atom. The molecule has 0 aromatic rings. The van der Waals surface area contributed by atoms with Crippen LogP contribution in [0.4, 0.5) is 0 Å². The Hall–Kier alpha value is 0. The molecule has 19 heavy (non-hydrogen) atoms. The lowest BCUT2D eigenvalue weighted by molar-refractivity contribution is 0.307. The van der Waals surface area contributed by atoms with E-state index < -0.39 is 0 Å². The monoisotopic (exact) mass is 268 g/mol. The molecule has 0 radical (unpaired) electrons. The fourth-order valence-electron chi connectivity index (χ4n) is 2.62.